The molecule has 3 aromatic rings. The Kier molecular flexibility index (Phi) is 6.63. The Morgan fingerprint density at radius 1 is 0.714 bits per heavy atom. The molecule has 0 atom stereocenters. The number of hydrogen-bond acceptors (Lipinski definition) is 3. The topological polar surface area (TPSA) is 72.2 Å². The van der Waals surface area contributed by atoms with E-state index in [-0.39, 0.29) is 27.2 Å². The number of hydrogen-bond donors (Lipinski definition) is 0. The summed E-state index contributed by atoms with van der Waals surface area (Å²) in [5.41, 5.74) is 3.08. The van der Waals surface area contributed by atoms with Crippen LogP contribution >= 0.6 is 11.6 Å². The molecule has 0 saturated heterocycles. The van der Waals surface area contributed by atoms with Crippen molar-refractivity contribution in [1.29, 1.82) is 0 Å². The number of aromatic nitrogens is 3. The maximum absolute atomic E-state index is 6.15. The Morgan fingerprint density at radius 3 is 1.57 bits per heavy atom. The summed E-state index contributed by atoms with van der Waals surface area (Å²) in [5.74, 6) is 0. The first-order chi connectivity index (χ1) is 9.33. The van der Waals surface area contributed by atoms with E-state index in [9.17, 15) is 0 Å². The molecule has 0 bridgehead atoms. The zero-order valence-corrected chi connectivity index (χ0v) is 13.9. The minimum Gasteiger partial charge on any atom is -0.693 e. The van der Waals surface area contributed by atoms with Crippen molar-refractivity contribution < 1.29 is 21.1 Å². The predicted octanol–water partition coefficient (Wildman–Crippen LogP) is 4.57. The van der Waals surface area contributed by atoms with Gasteiger partial charge in [0.2, 0.25) is 0 Å². The van der Waals surface area contributed by atoms with E-state index in [0.717, 1.165) is 22.8 Å². The molecule has 0 aliphatic rings. The van der Waals surface area contributed by atoms with Gasteiger partial charge in [-0.05, 0) is 36.4 Å². The van der Waals surface area contributed by atoms with Gasteiger partial charge in [0.05, 0.1) is 22.8 Å². The summed E-state index contributed by atoms with van der Waals surface area (Å²) in [7, 11) is 0. The van der Waals surface area contributed by atoms with Crippen LogP contribution in [0.3, 0.4) is 0 Å². The second-order valence-corrected chi connectivity index (χ2v) is 4.42. The van der Waals surface area contributed by atoms with E-state index in [2.05, 4.69) is 15.0 Å². The molecule has 6 heteroatoms. The summed E-state index contributed by atoms with van der Waals surface area (Å²) in [5, 5.41) is 0.622. The van der Waals surface area contributed by atoms with Crippen LogP contribution in [-0.4, -0.2) is 15.0 Å². The van der Waals surface area contributed by atoms with Crippen LogP contribution in [0, 0.1) is 0 Å². The van der Waals surface area contributed by atoms with Gasteiger partial charge >= 0.3 is 21.1 Å². The van der Waals surface area contributed by atoms with Gasteiger partial charge < -0.3 is 6.15 Å². The van der Waals surface area contributed by atoms with Gasteiger partial charge in [0.1, 0.15) is 0 Å². The fourth-order valence-corrected chi connectivity index (χ4v) is 1.99. The van der Waals surface area contributed by atoms with E-state index < -0.39 is 0 Å². The van der Waals surface area contributed by atoms with Gasteiger partial charge in [0, 0.05) is 17.4 Å². The normalized spacial score (nSPS) is 9.38. The maximum atomic E-state index is 6.15. The Hall–Kier alpha value is -1.61. The largest absolute Gasteiger partial charge is 2.00 e. The standard InChI is InChI=1S/C15H10ClN3.H2N.Pt/c16-11-9-14(12-5-1-3-7-17-12)19-15(10-11)13-6-2-4-8-18-13;;/h1-10H;1H2;/q;-1;+2. The van der Waals surface area contributed by atoms with E-state index in [4.69, 9.17) is 11.6 Å². The van der Waals surface area contributed by atoms with Gasteiger partial charge in [-0.3, -0.25) is 9.97 Å². The average molecular weight is 479 g/mol. The first-order valence-corrected chi connectivity index (χ1v) is 6.21. The molecule has 3 aromatic heterocycles. The Morgan fingerprint density at radius 2 is 1.19 bits per heavy atom. The first-order valence-electron chi connectivity index (χ1n) is 5.83. The molecule has 0 saturated carbocycles. The summed E-state index contributed by atoms with van der Waals surface area (Å²) >= 11 is 6.15. The van der Waals surface area contributed by atoms with Crippen molar-refractivity contribution >= 4 is 11.6 Å². The summed E-state index contributed by atoms with van der Waals surface area (Å²) in [6, 6.07) is 15.0. The summed E-state index contributed by atoms with van der Waals surface area (Å²) in [6.07, 6.45) is 3.47. The molecule has 0 radical (unpaired) electrons. The van der Waals surface area contributed by atoms with E-state index in [1.54, 1.807) is 24.5 Å². The summed E-state index contributed by atoms with van der Waals surface area (Å²) in [4.78, 5) is 13.1. The molecule has 0 unspecified atom stereocenters. The average Bonchev–Trinajstić information content (AvgIpc) is 2.48. The molecule has 0 spiro atoms. The summed E-state index contributed by atoms with van der Waals surface area (Å²) < 4.78 is 0. The number of nitrogens with two attached hydrogens (primary N) is 1. The zero-order valence-electron chi connectivity index (χ0n) is 10.9. The van der Waals surface area contributed by atoms with Gasteiger partial charge in [-0.25, -0.2) is 4.98 Å². The molecule has 0 fully saturated rings. The van der Waals surface area contributed by atoms with E-state index in [1.165, 1.54) is 0 Å². The van der Waals surface area contributed by atoms with Gasteiger partial charge in [-0.2, -0.15) is 0 Å². The minimum atomic E-state index is 0. The van der Waals surface area contributed by atoms with Crippen LogP contribution in [0.2, 0.25) is 5.02 Å². The van der Waals surface area contributed by atoms with Crippen molar-refractivity contribution in [1.82, 2.24) is 15.0 Å². The fourth-order valence-electron chi connectivity index (χ4n) is 1.79. The molecule has 3 rings (SSSR count). The van der Waals surface area contributed by atoms with Gasteiger partial charge in [-0.15, -0.1) is 0 Å². The van der Waals surface area contributed by atoms with Gasteiger partial charge in [-0.1, -0.05) is 23.7 Å². The monoisotopic (exact) mass is 478 g/mol. The molecule has 0 aliphatic carbocycles. The number of rotatable bonds is 2. The minimum absolute atomic E-state index is 0. The SMILES string of the molecule is Clc1cc(-c2ccccn2)nc(-c2ccccn2)c1.[NH2-].[Pt+2]. The second-order valence-electron chi connectivity index (χ2n) is 3.99. The molecule has 2 N–H and O–H groups in total. The zero-order chi connectivity index (χ0) is 13.1. The molecule has 0 aromatic carbocycles. The second kappa shape index (κ2) is 7.98. The van der Waals surface area contributed by atoms with Crippen LogP contribution in [0.4, 0.5) is 0 Å². The maximum Gasteiger partial charge on any atom is 2.00 e. The molecule has 0 aliphatic heterocycles. The smallest absolute Gasteiger partial charge is 0.693 e. The number of pyridine rings is 3. The van der Waals surface area contributed by atoms with Crippen LogP contribution in [0.25, 0.3) is 28.9 Å². The summed E-state index contributed by atoms with van der Waals surface area (Å²) in [6.45, 7) is 0. The van der Waals surface area contributed by atoms with Gasteiger partial charge in [0.15, 0.2) is 0 Å². The quantitative estimate of drug-likeness (QED) is 0.541. The van der Waals surface area contributed by atoms with Crippen molar-refractivity contribution in [3.63, 3.8) is 0 Å². The molecular weight excluding hydrogens is 467 g/mol. The molecule has 21 heavy (non-hydrogen) atoms. The fraction of sp³-hybridized carbons (Fsp3) is 0. The number of halogens is 1. The van der Waals surface area contributed by atoms with E-state index in [0.29, 0.717) is 5.02 Å². The first kappa shape index (κ1) is 17.4. The molecular formula is C15H12ClN4Pt+. The van der Waals surface area contributed by atoms with Crippen molar-refractivity contribution in [2.24, 2.45) is 0 Å². The van der Waals surface area contributed by atoms with Crippen LogP contribution < -0.4 is 0 Å². The Balaban J connectivity index is 0.00000110. The number of nitrogens with zero attached hydrogens (tertiary/aromatic N) is 3. The third-order valence-electron chi connectivity index (χ3n) is 2.64. The van der Waals surface area contributed by atoms with Crippen LogP contribution in [0.5, 0.6) is 0 Å². The third kappa shape index (κ3) is 4.18. The Bertz CT molecular complexity index is 635. The van der Waals surface area contributed by atoms with Crippen molar-refractivity contribution in [2.45, 2.75) is 0 Å². The van der Waals surface area contributed by atoms with Crippen molar-refractivity contribution in [3.05, 3.63) is 72.1 Å². The van der Waals surface area contributed by atoms with Gasteiger partial charge in [0.25, 0.3) is 0 Å². The third-order valence-corrected chi connectivity index (χ3v) is 2.86. The van der Waals surface area contributed by atoms with Crippen molar-refractivity contribution in [3.8, 4) is 22.8 Å². The van der Waals surface area contributed by atoms with E-state index >= 15 is 0 Å². The Labute approximate surface area is 142 Å². The molecule has 108 valence electrons. The van der Waals surface area contributed by atoms with E-state index in [1.807, 2.05) is 36.4 Å². The molecule has 3 heterocycles. The predicted molar refractivity (Wildman–Crippen MR) is 81.0 cm³/mol. The van der Waals surface area contributed by atoms with Crippen molar-refractivity contribution in [2.75, 3.05) is 0 Å². The van der Waals surface area contributed by atoms with Crippen LogP contribution in [0.15, 0.2) is 60.9 Å². The molecule has 0 amide bonds. The molecule has 4 nitrogen and oxygen atoms in total. The van der Waals surface area contributed by atoms with Crippen LogP contribution in [-0.2, 0) is 21.1 Å². The van der Waals surface area contributed by atoms with Crippen LogP contribution in [0.1, 0.15) is 0 Å².